The molecule has 0 radical (unpaired) electrons. The molecule has 4 rings (SSSR count). The Balaban J connectivity index is 1.38. The van der Waals surface area contributed by atoms with Gasteiger partial charge in [-0.3, -0.25) is 14.7 Å². The number of amides is 2. The number of hydrogen-bond acceptors (Lipinski definition) is 8. The lowest BCUT2D eigenvalue weighted by atomic mass is 10.0. The van der Waals surface area contributed by atoms with Gasteiger partial charge in [-0.1, -0.05) is 0 Å². The normalized spacial score (nSPS) is 19.6. The van der Waals surface area contributed by atoms with Crippen LogP contribution in [0.5, 0.6) is 0 Å². The molecule has 2 amide bonds. The van der Waals surface area contributed by atoms with Crippen LogP contribution in [0.25, 0.3) is 10.6 Å². The Labute approximate surface area is 177 Å². The van der Waals surface area contributed by atoms with Crippen molar-refractivity contribution in [2.45, 2.75) is 31.8 Å². The standard InChI is InChI=1S/C20H22N4O5S/c1-2-28-19(26)16-11-29-20(27)24(16)14-5-9-23(10-6-14)18(25)15-12-30-17(22-15)13-3-7-21-8-4-13/h3-4,7-8,12,14,16H,2,5-6,9-11H2,1H3/t16-/m0/s1. The molecule has 1 atom stereocenters. The van der Waals surface area contributed by atoms with Crippen molar-refractivity contribution >= 4 is 29.3 Å². The molecule has 0 spiro atoms. The van der Waals surface area contributed by atoms with Crippen LogP contribution in [0.3, 0.4) is 0 Å². The Morgan fingerprint density at radius 1 is 1.27 bits per heavy atom. The number of esters is 1. The number of nitrogens with zero attached hydrogens (tertiary/aromatic N) is 4. The predicted octanol–water partition coefficient (Wildman–Crippen LogP) is 2.19. The molecule has 2 aliphatic rings. The largest absolute Gasteiger partial charge is 0.464 e. The Morgan fingerprint density at radius 3 is 2.70 bits per heavy atom. The quantitative estimate of drug-likeness (QED) is 0.670. The fraction of sp³-hybridized carbons (Fsp3) is 0.450. The Bertz CT molecular complexity index is 926. The van der Waals surface area contributed by atoms with E-state index in [0.29, 0.717) is 31.6 Å². The van der Waals surface area contributed by atoms with Crippen molar-refractivity contribution in [1.29, 1.82) is 0 Å². The van der Waals surface area contributed by atoms with E-state index < -0.39 is 18.1 Å². The highest BCUT2D eigenvalue weighted by atomic mass is 32.1. The van der Waals surface area contributed by atoms with Crippen molar-refractivity contribution < 1.29 is 23.9 Å². The molecule has 0 aromatic carbocycles. The van der Waals surface area contributed by atoms with Gasteiger partial charge < -0.3 is 14.4 Å². The minimum absolute atomic E-state index is 0.00736. The van der Waals surface area contributed by atoms with Gasteiger partial charge in [-0.25, -0.2) is 14.6 Å². The van der Waals surface area contributed by atoms with Gasteiger partial charge >= 0.3 is 12.1 Å². The second-order valence-electron chi connectivity index (χ2n) is 7.05. The van der Waals surface area contributed by atoms with Gasteiger partial charge in [0, 0.05) is 42.5 Å². The molecule has 0 bridgehead atoms. The summed E-state index contributed by atoms with van der Waals surface area (Å²) in [6.45, 7) is 2.94. The first kappa shape index (κ1) is 20.3. The first-order valence-electron chi connectivity index (χ1n) is 9.85. The number of thiazole rings is 1. The minimum atomic E-state index is -0.717. The Hall–Kier alpha value is -3.01. The maximum Gasteiger partial charge on any atom is 0.410 e. The van der Waals surface area contributed by atoms with Crippen LogP contribution in [0.15, 0.2) is 29.9 Å². The van der Waals surface area contributed by atoms with Gasteiger partial charge in [-0.2, -0.15) is 0 Å². The topological polar surface area (TPSA) is 102 Å². The first-order chi connectivity index (χ1) is 14.6. The summed E-state index contributed by atoms with van der Waals surface area (Å²) in [7, 11) is 0. The van der Waals surface area contributed by atoms with Crippen LogP contribution in [-0.4, -0.2) is 76.1 Å². The molecule has 2 fully saturated rings. The third-order valence-electron chi connectivity index (χ3n) is 5.27. The zero-order valence-electron chi connectivity index (χ0n) is 16.5. The molecule has 2 aliphatic heterocycles. The highest BCUT2D eigenvalue weighted by molar-refractivity contribution is 7.13. The molecule has 0 N–H and O–H groups in total. The molecule has 2 aromatic rings. The number of cyclic esters (lactones) is 1. The second kappa shape index (κ2) is 8.78. The average Bonchev–Trinajstić information content (AvgIpc) is 3.41. The van der Waals surface area contributed by atoms with Crippen LogP contribution >= 0.6 is 11.3 Å². The van der Waals surface area contributed by atoms with Crippen LogP contribution in [0.2, 0.25) is 0 Å². The van der Waals surface area contributed by atoms with Crippen molar-refractivity contribution in [3.63, 3.8) is 0 Å². The van der Waals surface area contributed by atoms with Crippen molar-refractivity contribution in [2.75, 3.05) is 26.3 Å². The van der Waals surface area contributed by atoms with Gasteiger partial charge in [0.15, 0.2) is 6.04 Å². The van der Waals surface area contributed by atoms with Gasteiger partial charge in [0.25, 0.3) is 5.91 Å². The number of hydrogen-bond donors (Lipinski definition) is 0. The van der Waals surface area contributed by atoms with Crippen LogP contribution in [0.4, 0.5) is 4.79 Å². The summed E-state index contributed by atoms with van der Waals surface area (Å²) in [5, 5.41) is 2.53. The van der Waals surface area contributed by atoms with Crippen molar-refractivity contribution in [3.05, 3.63) is 35.6 Å². The summed E-state index contributed by atoms with van der Waals surface area (Å²) in [5.41, 5.74) is 1.33. The monoisotopic (exact) mass is 430 g/mol. The summed E-state index contributed by atoms with van der Waals surface area (Å²) >= 11 is 1.42. The van der Waals surface area contributed by atoms with Crippen LogP contribution in [0.1, 0.15) is 30.3 Å². The molecule has 0 saturated carbocycles. The molecule has 30 heavy (non-hydrogen) atoms. The van der Waals surface area contributed by atoms with E-state index in [9.17, 15) is 14.4 Å². The number of carbonyl (C=O) groups is 3. The molecule has 10 heteroatoms. The van der Waals surface area contributed by atoms with E-state index in [4.69, 9.17) is 9.47 Å². The summed E-state index contributed by atoms with van der Waals surface area (Å²) in [6, 6.07) is 2.83. The zero-order valence-corrected chi connectivity index (χ0v) is 17.3. The number of pyridine rings is 1. The first-order valence-corrected chi connectivity index (χ1v) is 10.7. The van der Waals surface area contributed by atoms with E-state index >= 15 is 0 Å². The van der Waals surface area contributed by atoms with E-state index in [1.165, 1.54) is 16.2 Å². The Kier molecular flexibility index (Phi) is 5.93. The molecular formula is C20H22N4O5S. The van der Waals surface area contributed by atoms with Crippen LogP contribution < -0.4 is 0 Å². The fourth-order valence-corrected chi connectivity index (χ4v) is 4.56. The van der Waals surface area contributed by atoms with E-state index in [1.807, 2.05) is 12.1 Å². The molecule has 0 unspecified atom stereocenters. The third-order valence-corrected chi connectivity index (χ3v) is 6.16. The lowest BCUT2D eigenvalue weighted by Gasteiger charge is -2.36. The molecule has 2 aromatic heterocycles. The number of aromatic nitrogens is 2. The van der Waals surface area contributed by atoms with Gasteiger partial charge in [0.1, 0.15) is 17.3 Å². The lowest BCUT2D eigenvalue weighted by molar-refractivity contribution is -0.148. The fourth-order valence-electron chi connectivity index (χ4n) is 3.76. The lowest BCUT2D eigenvalue weighted by Crippen LogP contribution is -2.52. The highest BCUT2D eigenvalue weighted by Crippen LogP contribution is 2.27. The smallest absolute Gasteiger partial charge is 0.410 e. The summed E-state index contributed by atoms with van der Waals surface area (Å²) in [4.78, 5) is 48.9. The predicted molar refractivity (Wildman–Crippen MR) is 108 cm³/mol. The van der Waals surface area contributed by atoms with Crippen molar-refractivity contribution in [1.82, 2.24) is 19.8 Å². The Morgan fingerprint density at radius 2 is 2.00 bits per heavy atom. The third kappa shape index (κ3) is 4.00. The molecule has 158 valence electrons. The number of rotatable bonds is 5. The summed E-state index contributed by atoms with van der Waals surface area (Å²) in [5.74, 6) is -0.580. The second-order valence-corrected chi connectivity index (χ2v) is 7.91. The van der Waals surface area contributed by atoms with Crippen molar-refractivity contribution in [2.24, 2.45) is 0 Å². The number of ether oxygens (including phenoxy) is 2. The average molecular weight is 430 g/mol. The van der Waals surface area contributed by atoms with Gasteiger partial charge in [0.05, 0.1) is 6.61 Å². The van der Waals surface area contributed by atoms with Gasteiger partial charge in [-0.15, -0.1) is 11.3 Å². The summed E-state index contributed by atoms with van der Waals surface area (Å²) in [6.07, 6.45) is 4.02. The van der Waals surface area contributed by atoms with E-state index in [-0.39, 0.29) is 25.2 Å². The molecular weight excluding hydrogens is 408 g/mol. The SMILES string of the molecule is CCOC(=O)[C@@H]1COC(=O)N1C1CCN(C(=O)c2csc(-c3ccncc3)n2)CC1. The van der Waals surface area contributed by atoms with E-state index in [1.54, 1.807) is 29.6 Å². The van der Waals surface area contributed by atoms with Crippen molar-refractivity contribution in [3.8, 4) is 10.6 Å². The molecule has 2 saturated heterocycles. The van der Waals surface area contributed by atoms with E-state index in [0.717, 1.165) is 10.6 Å². The maximum absolute atomic E-state index is 12.9. The molecule has 9 nitrogen and oxygen atoms in total. The zero-order chi connectivity index (χ0) is 21.1. The maximum atomic E-state index is 12.9. The molecule has 0 aliphatic carbocycles. The van der Waals surface area contributed by atoms with E-state index in [2.05, 4.69) is 9.97 Å². The van der Waals surface area contributed by atoms with Gasteiger partial charge in [0.2, 0.25) is 0 Å². The summed E-state index contributed by atoms with van der Waals surface area (Å²) < 4.78 is 10.1. The minimum Gasteiger partial charge on any atom is -0.464 e. The molecule has 4 heterocycles. The number of piperidine rings is 1. The van der Waals surface area contributed by atoms with Gasteiger partial charge in [-0.05, 0) is 31.9 Å². The highest BCUT2D eigenvalue weighted by Gasteiger charge is 2.44. The van der Waals surface area contributed by atoms with Crippen LogP contribution in [0, 0.1) is 0 Å². The van der Waals surface area contributed by atoms with Crippen LogP contribution in [-0.2, 0) is 14.3 Å². The number of likely N-dealkylation sites (tertiary alicyclic amines) is 1. The number of carbonyl (C=O) groups excluding carboxylic acids is 3.